The van der Waals surface area contributed by atoms with Crippen molar-refractivity contribution >= 4 is 11.4 Å². The fourth-order valence-corrected chi connectivity index (χ4v) is 2.90. The van der Waals surface area contributed by atoms with E-state index in [1.54, 1.807) is 0 Å². The number of hydrogen-bond acceptors (Lipinski definition) is 2. The number of allylic oxidation sites excluding steroid dienone is 3. The fourth-order valence-electron chi connectivity index (χ4n) is 2.90. The first-order valence-corrected chi connectivity index (χ1v) is 7.36. The molecule has 104 valence electrons. The predicted octanol–water partition coefficient (Wildman–Crippen LogP) is 5.09. The molecule has 2 aromatic rings. The summed E-state index contributed by atoms with van der Waals surface area (Å²) in [6.45, 7) is 2.11. The Morgan fingerprint density at radius 1 is 1.00 bits per heavy atom. The summed E-state index contributed by atoms with van der Waals surface area (Å²) >= 11 is 0. The second-order valence-electron chi connectivity index (χ2n) is 5.49. The lowest BCUT2D eigenvalue weighted by Gasteiger charge is -2.35. The standard InChI is InChI=1S/C19H17NO/c1-14-10-12-15(13-11-14)20-16-6-2-4-8-18(16)21-19-9-5-3-7-17(19)20/h2-4,6-8,10-13H,5,9H2,1H3. The molecule has 0 radical (unpaired) electrons. The molecule has 0 unspecified atom stereocenters. The first kappa shape index (κ1) is 12.3. The van der Waals surface area contributed by atoms with Crippen molar-refractivity contribution in [1.29, 1.82) is 0 Å². The Hall–Kier alpha value is -2.48. The smallest absolute Gasteiger partial charge is 0.151 e. The first-order chi connectivity index (χ1) is 10.3. The minimum absolute atomic E-state index is 0.937. The van der Waals surface area contributed by atoms with E-state index in [0.29, 0.717) is 0 Å². The van der Waals surface area contributed by atoms with Gasteiger partial charge >= 0.3 is 0 Å². The van der Waals surface area contributed by atoms with Crippen LogP contribution in [-0.2, 0) is 0 Å². The fraction of sp³-hybridized carbons (Fsp3) is 0.158. The van der Waals surface area contributed by atoms with E-state index in [4.69, 9.17) is 4.74 Å². The highest BCUT2D eigenvalue weighted by Crippen LogP contribution is 2.44. The van der Waals surface area contributed by atoms with Gasteiger partial charge in [0.2, 0.25) is 0 Å². The highest BCUT2D eigenvalue weighted by molar-refractivity contribution is 5.77. The summed E-state index contributed by atoms with van der Waals surface area (Å²) in [4.78, 5) is 2.29. The lowest BCUT2D eigenvalue weighted by Crippen LogP contribution is -2.24. The van der Waals surface area contributed by atoms with Crippen LogP contribution in [0.4, 0.5) is 11.4 Å². The molecule has 0 fully saturated rings. The van der Waals surface area contributed by atoms with Crippen molar-refractivity contribution in [2.24, 2.45) is 0 Å². The van der Waals surface area contributed by atoms with Crippen LogP contribution in [0.2, 0.25) is 0 Å². The zero-order valence-electron chi connectivity index (χ0n) is 12.0. The third-order valence-electron chi connectivity index (χ3n) is 3.97. The average molecular weight is 275 g/mol. The predicted molar refractivity (Wildman–Crippen MR) is 85.8 cm³/mol. The number of fused-ring (bicyclic) bond motifs is 1. The molecule has 0 N–H and O–H groups in total. The van der Waals surface area contributed by atoms with Crippen LogP contribution in [0.15, 0.2) is 72.1 Å². The summed E-state index contributed by atoms with van der Waals surface area (Å²) in [5.41, 5.74) is 4.71. The zero-order chi connectivity index (χ0) is 14.2. The van der Waals surface area contributed by atoms with Crippen molar-refractivity contribution in [1.82, 2.24) is 0 Å². The second kappa shape index (κ2) is 4.81. The van der Waals surface area contributed by atoms with Crippen LogP contribution in [0.25, 0.3) is 0 Å². The van der Waals surface area contributed by atoms with E-state index in [1.807, 2.05) is 12.1 Å². The number of anilines is 2. The van der Waals surface area contributed by atoms with Gasteiger partial charge in [0.05, 0.1) is 11.4 Å². The van der Waals surface area contributed by atoms with Gasteiger partial charge in [0.15, 0.2) is 5.75 Å². The molecule has 0 spiro atoms. The quantitative estimate of drug-likeness (QED) is 0.719. The maximum absolute atomic E-state index is 6.10. The highest BCUT2D eigenvalue weighted by Gasteiger charge is 2.27. The van der Waals surface area contributed by atoms with Crippen LogP contribution in [0.3, 0.4) is 0 Å². The molecule has 0 bridgehead atoms. The average Bonchev–Trinajstić information content (AvgIpc) is 2.53. The summed E-state index contributed by atoms with van der Waals surface area (Å²) in [6.07, 6.45) is 6.40. The molecule has 1 aliphatic heterocycles. The third kappa shape index (κ3) is 2.04. The van der Waals surface area contributed by atoms with Gasteiger partial charge in [0.1, 0.15) is 5.76 Å². The van der Waals surface area contributed by atoms with Crippen LogP contribution < -0.4 is 9.64 Å². The Labute approximate surface area is 125 Å². The largest absolute Gasteiger partial charge is 0.457 e. The molecule has 2 aliphatic rings. The van der Waals surface area contributed by atoms with Crippen molar-refractivity contribution in [2.45, 2.75) is 19.8 Å². The van der Waals surface area contributed by atoms with Gasteiger partial charge in [-0.2, -0.15) is 0 Å². The maximum atomic E-state index is 6.10. The van der Waals surface area contributed by atoms with Crippen LogP contribution in [-0.4, -0.2) is 0 Å². The van der Waals surface area contributed by atoms with E-state index >= 15 is 0 Å². The van der Waals surface area contributed by atoms with Crippen molar-refractivity contribution in [3.05, 3.63) is 77.7 Å². The van der Waals surface area contributed by atoms with Gasteiger partial charge in [-0.05, 0) is 43.7 Å². The van der Waals surface area contributed by atoms with E-state index < -0.39 is 0 Å². The van der Waals surface area contributed by atoms with Crippen molar-refractivity contribution in [3.63, 3.8) is 0 Å². The van der Waals surface area contributed by atoms with E-state index in [2.05, 4.69) is 60.4 Å². The van der Waals surface area contributed by atoms with Crippen LogP contribution in [0, 0.1) is 6.92 Å². The van der Waals surface area contributed by atoms with Gasteiger partial charge in [-0.25, -0.2) is 0 Å². The second-order valence-corrected chi connectivity index (χ2v) is 5.49. The van der Waals surface area contributed by atoms with Gasteiger partial charge in [0.25, 0.3) is 0 Å². The molecule has 2 aromatic carbocycles. The summed E-state index contributed by atoms with van der Waals surface area (Å²) < 4.78 is 6.10. The lowest BCUT2D eigenvalue weighted by atomic mass is 10.0. The van der Waals surface area contributed by atoms with Crippen LogP contribution >= 0.6 is 0 Å². The molecule has 0 saturated heterocycles. The minimum Gasteiger partial charge on any atom is -0.457 e. The molecule has 1 heterocycles. The van der Waals surface area contributed by atoms with Gasteiger partial charge in [0, 0.05) is 12.1 Å². The number of rotatable bonds is 1. The molecule has 0 saturated carbocycles. The molecule has 21 heavy (non-hydrogen) atoms. The van der Waals surface area contributed by atoms with Crippen molar-refractivity contribution < 1.29 is 4.74 Å². The Morgan fingerprint density at radius 3 is 2.67 bits per heavy atom. The monoisotopic (exact) mass is 275 g/mol. The summed E-state index contributed by atoms with van der Waals surface area (Å²) in [5.74, 6) is 2.00. The van der Waals surface area contributed by atoms with Crippen LogP contribution in [0.1, 0.15) is 18.4 Å². The molecule has 2 nitrogen and oxygen atoms in total. The Morgan fingerprint density at radius 2 is 1.81 bits per heavy atom. The molecule has 0 atom stereocenters. The van der Waals surface area contributed by atoms with Gasteiger partial charge in [-0.3, -0.25) is 0 Å². The number of nitrogens with zero attached hydrogens (tertiary/aromatic N) is 1. The Kier molecular flexibility index (Phi) is 2.81. The summed E-state index contributed by atoms with van der Waals surface area (Å²) in [6, 6.07) is 16.9. The number of benzene rings is 2. The molecule has 4 rings (SSSR count). The van der Waals surface area contributed by atoms with Crippen molar-refractivity contribution in [3.8, 4) is 5.75 Å². The highest BCUT2D eigenvalue weighted by atomic mass is 16.5. The Balaban J connectivity index is 1.90. The van der Waals surface area contributed by atoms with E-state index in [1.165, 1.54) is 11.3 Å². The van der Waals surface area contributed by atoms with E-state index in [0.717, 1.165) is 35.7 Å². The number of ether oxygens (including phenoxy) is 1. The zero-order valence-corrected chi connectivity index (χ0v) is 12.0. The molecule has 1 aliphatic carbocycles. The van der Waals surface area contributed by atoms with Gasteiger partial charge < -0.3 is 9.64 Å². The van der Waals surface area contributed by atoms with E-state index in [-0.39, 0.29) is 0 Å². The molecule has 0 amide bonds. The molecular formula is C19H17NO. The van der Waals surface area contributed by atoms with Gasteiger partial charge in [-0.15, -0.1) is 0 Å². The van der Waals surface area contributed by atoms with Gasteiger partial charge in [-0.1, -0.05) is 35.9 Å². The Bertz CT molecular complexity index is 740. The molecular weight excluding hydrogens is 258 g/mol. The van der Waals surface area contributed by atoms with Crippen LogP contribution in [0.5, 0.6) is 5.75 Å². The van der Waals surface area contributed by atoms with Crippen molar-refractivity contribution in [2.75, 3.05) is 4.90 Å². The number of para-hydroxylation sites is 2. The summed E-state index contributed by atoms with van der Waals surface area (Å²) in [5, 5.41) is 0. The molecule has 2 heteroatoms. The summed E-state index contributed by atoms with van der Waals surface area (Å²) in [7, 11) is 0. The minimum atomic E-state index is 0.937. The number of hydrogen-bond donors (Lipinski definition) is 0. The maximum Gasteiger partial charge on any atom is 0.151 e. The lowest BCUT2D eigenvalue weighted by molar-refractivity contribution is 0.388. The third-order valence-corrected chi connectivity index (χ3v) is 3.97. The van der Waals surface area contributed by atoms with E-state index in [9.17, 15) is 0 Å². The normalized spacial score (nSPS) is 16.3. The molecule has 0 aromatic heterocycles. The first-order valence-electron chi connectivity index (χ1n) is 7.36. The number of aryl methyl sites for hydroxylation is 1. The SMILES string of the molecule is Cc1ccc(N2C3=C(CCC=C3)Oc3ccccc32)cc1. The topological polar surface area (TPSA) is 12.5 Å².